The molecule has 0 saturated heterocycles. The zero-order valence-electron chi connectivity index (χ0n) is 15.6. The van der Waals surface area contributed by atoms with Crippen molar-refractivity contribution in [3.63, 3.8) is 0 Å². The van der Waals surface area contributed by atoms with E-state index >= 15 is 0 Å². The van der Waals surface area contributed by atoms with Gasteiger partial charge in [-0.1, -0.05) is 38.1 Å². The van der Waals surface area contributed by atoms with Gasteiger partial charge in [0.2, 0.25) is 5.91 Å². The zero-order chi connectivity index (χ0) is 18.7. The number of anilines is 1. The van der Waals surface area contributed by atoms with Gasteiger partial charge in [-0.25, -0.2) is 4.79 Å². The Morgan fingerprint density at radius 1 is 1.23 bits per heavy atom. The summed E-state index contributed by atoms with van der Waals surface area (Å²) in [4.78, 5) is 26.0. The van der Waals surface area contributed by atoms with Gasteiger partial charge in [-0.2, -0.15) is 0 Å². The molecule has 1 aromatic carbocycles. The van der Waals surface area contributed by atoms with Crippen LogP contribution in [0.2, 0.25) is 0 Å². The summed E-state index contributed by atoms with van der Waals surface area (Å²) in [7, 11) is 1.39. The van der Waals surface area contributed by atoms with E-state index in [4.69, 9.17) is 4.74 Å². The SMILES string of the molecule is CCc1ccc(CC(=O)Nc2sc3c(c2C(=O)OC)CCC(C)C3)cc1. The van der Waals surface area contributed by atoms with Crippen LogP contribution in [-0.2, 0) is 35.2 Å². The molecular formula is C21H25NO3S. The van der Waals surface area contributed by atoms with Gasteiger partial charge in [0.25, 0.3) is 0 Å². The summed E-state index contributed by atoms with van der Waals surface area (Å²) in [5.41, 5.74) is 3.83. The summed E-state index contributed by atoms with van der Waals surface area (Å²) < 4.78 is 4.97. The number of fused-ring (bicyclic) bond motifs is 1. The van der Waals surface area contributed by atoms with Gasteiger partial charge in [0.15, 0.2) is 0 Å². The Morgan fingerprint density at radius 3 is 2.58 bits per heavy atom. The Hall–Kier alpha value is -2.14. The molecule has 26 heavy (non-hydrogen) atoms. The number of methoxy groups -OCH3 is 1. The molecule has 1 aliphatic rings. The van der Waals surface area contributed by atoms with E-state index in [1.807, 2.05) is 24.3 Å². The van der Waals surface area contributed by atoms with Crippen LogP contribution >= 0.6 is 11.3 Å². The number of hydrogen-bond donors (Lipinski definition) is 1. The second-order valence-corrected chi connectivity index (χ2v) is 8.05. The van der Waals surface area contributed by atoms with Gasteiger partial charge >= 0.3 is 5.97 Å². The Morgan fingerprint density at radius 2 is 1.92 bits per heavy atom. The molecule has 0 bridgehead atoms. The number of aryl methyl sites for hydroxylation is 1. The molecule has 1 amide bonds. The average molecular weight is 372 g/mol. The normalized spacial score (nSPS) is 16.0. The molecule has 1 aliphatic carbocycles. The summed E-state index contributed by atoms with van der Waals surface area (Å²) in [5.74, 6) is 0.137. The van der Waals surface area contributed by atoms with Gasteiger partial charge in [-0.05, 0) is 48.3 Å². The molecular weight excluding hydrogens is 346 g/mol. The Kier molecular flexibility index (Phi) is 5.77. The van der Waals surface area contributed by atoms with Crippen LogP contribution < -0.4 is 5.32 Å². The number of thiophene rings is 1. The number of benzene rings is 1. The van der Waals surface area contributed by atoms with Gasteiger partial charge in [-0.15, -0.1) is 11.3 Å². The summed E-state index contributed by atoms with van der Waals surface area (Å²) in [6.07, 6.45) is 4.16. The highest BCUT2D eigenvalue weighted by atomic mass is 32.1. The van der Waals surface area contributed by atoms with E-state index in [-0.39, 0.29) is 11.9 Å². The molecule has 0 spiro atoms. The van der Waals surface area contributed by atoms with Crippen LogP contribution in [0.3, 0.4) is 0 Å². The smallest absolute Gasteiger partial charge is 0.341 e. The summed E-state index contributed by atoms with van der Waals surface area (Å²) in [6, 6.07) is 8.07. The predicted molar refractivity (Wildman–Crippen MR) is 105 cm³/mol. The van der Waals surface area contributed by atoms with Crippen molar-refractivity contribution in [2.75, 3.05) is 12.4 Å². The van der Waals surface area contributed by atoms with E-state index < -0.39 is 0 Å². The Labute approximate surface area is 158 Å². The second kappa shape index (κ2) is 8.04. The topological polar surface area (TPSA) is 55.4 Å². The highest BCUT2D eigenvalue weighted by Crippen LogP contribution is 2.40. The number of ether oxygens (including phenoxy) is 1. The van der Waals surface area contributed by atoms with E-state index in [0.717, 1.165) is 36.8 Å². The van der Waals surface area contributed by atoms with Crippen LogP contribution in [0.15, 0.2) is 24.3 Å². The van der Waals surface area contributed by atoms with Gasteiger partial charge in [0.1, 0.15) is 5.00 Å². The van der Waals surface area contributed by atoms with E-state index in [0.29, 0.717) is 22.9 Å². The third-order valence-electron chi connectivity index (χ3n) is 4.95. The lowest BCUT2D eigenvalue weighted by Crippen LogP contribution is -2.17. The van der Waals surface area contributed by atoms with Gasteiger partial charge in [0.05, 0.1) is 19.1 Å². The van der Waals surface area contributed by atoms with Crippen LogP contribution in [-0.4, -0.2) is 19.0 Å². The number of rotatable bonds is 5. The van der Waals surface area contributed by atoms with Crippen LogP contribution in [0.25, 0.3) is 0 Å². The molecule has 3 rings (SSSR count). The largest absolute Gasteiger partial charge is 0.465 e. The fraction of sp³-hybridized carbons (Fsp3) is 0.429. The fourth-order valence-corrected chi connectivity index (χ4v) is 4.82. The number of nitrogens with one attached hydrogen (secondary N) is 1. The molecule has 1 N–H and O–H groups in total. The molecule has 0 saturated carbocycles. The van der Waals surface area contributed by atoms with Crippen molar-refractivity contribution in [3.8, 4) is 0 Å². The lowest BCUT2D eigenvalue weighted by atomic mass is 9.88. The maximum absolute atomic E-state index is 12.5. The molecule has 1 aromatic heterocycles. The standard InChI is InChI=1S/C21H25NO3S/c1-4-14-6-8-15(9-7-14)12-18(23)22-20-19(21(24)25-3)16-10-5-13(2)11-17(16)26-20/h6-9,13H,4-5,10-12H2,1-3H3,(H,22,23). The molecule has 138 valence electrons. The molecule has 4 nitrogen and oxygen atoms in total. The molecule has 0 radical (unpaired) electrons. The highest BCUT2D eigenvalue weighted by molar-refractivity contribution is 7.17. The minimum Gasteiger partial charge on any atom is -0.465 e. The first kappa shape index (κ1) is 18.6. The van der Waals surface area contributed by atoms with Crippen LogP contribution in [0.1, 0.15) is 52.2 Å². The van der Waals surface area contributed by atoms with E-state index in [9.17, 15) is 9.59 Å². The van der Waals surface area contributed by atoms with Crippen LogP contribution in [0.4, 0.5) is 5.00 Å². The first-order chi connectivity index (χ1) is 12.5. The number of esters is 1. The number of carbonyl (C=O) groups is 2. The minimum atomic E-state index is -0.361. The average Bonchev–Trinajstić information content (AvgIpc) is 2.98. The molecule has 1 heterocycles. The third kappa shape index (κ3) is 3.98. The van der Waals surface area contributed by atoms with Gasteiger partial charge < -0.3 is 10.1 Å². The lowest BCUT2D eigenvalue weighted by Gasteiger charge is -2.18. The number of carbonyl (C=O) groups excluding carboxylic acids is 2. The van der Waals surface area contributed by atoms with Crippen molar-refractivity contribution in [1.29, 1.82) is 0 Å². The van der Waals surface area contributed by atoms with Crippen molar-refractivity contribution in [2.24, 2.45) is 5.92 Å². The Balaban J connectivity index is 1.79. The Bertz CT molecular complexity index is 807. The zero-order valence-corrected chi connectivity index (χ0v) is 16.4. The summed E-state index contributed by atoms with van der Waals surface area (Å²) in [6.45, 7) is 4.33. The molecule has 0 fully saturated rings. The van der Waals surface area contributed by atoms with Crippen molar-refractivity contribution in [3.05, 3.63) is 51.4 Å². The quantitative estimate of drug-likeness (QED) is 0.793. The van der Waals surface area contributed by atoms with Crippen molar-refractivity contribution < 1.29 is 14.3 Å². The number of amides is 1. The lowest BCUT2D eigenvalue weighted by molar-refractivity contribution is -0.115. The monoisotopic (exact) mass is 371 g/mol. The molecule has 5 heteroatoms. The van der Waals surface area contributed by atoms with E-state index in [1.165, 1.54) is 28.9 Å². The van der Waals surface area contributed by atoms with Gasteiger partial charge in [-0.3, -0.25) is 4.79 Å². The minimum absolute atomic E-state index is 0.106. The van der Waals surface area contributed by atoms with E-state index in [2.05, 4.69) is 19.2 Å². The fourth-order valence-electron chi connectivity index (χ4n) is 3.41. The van der Waals surface area contributed by atoms with Gasteiger partial charge in [0, 0.05) is 4.88 Å². The first-order valence-electron chi connectivity index (χ1n) is 9.12. The van der Waals surface area contributed by atoms with Crippen molar-refractivity contribution in [2.45, 2.75) is 46.0 Å². The summed E-state index contributed by atoms with van der Waals surface area (Å²) >= 11 is 1.52. The molecule has 1 unspecified atom stereocenters. The predicted octanol–water partition coefficient (Wildman–Crippen LogP) is 4.40. The third-order valence-corrected chi connectivity index (χ3v) is 6.12. The second-order valence-electron chi connectivity index (χ2n) is 6.94. The first-order valence-corrected chi connectivity index (χ1v) is 9.94. The van der Waals surface area contributed by atoms with Crippen molar-refractivity contribution >= 4 is 28.2 Å². The molecule has 0 aliphatic heterocycles. The summed E-state index contributed by atoms with van der Waals surface area (Å²) in [5, 5.41) is 3.58. The van der Waals surface area contributed by atoms with Crippen LogP contribution in [0, 0.1) is 5.92 Å². The maximum atomic E-state index is 12.5. The van der Waals surface area contributed by atoms with E-state index in [1.54, 1.807) is 0 Å². The number of hydrogen-bond acceptors (Lipinski definition) is 4. The van der Waals surface area contributed by atoms with Crippen LogP contribution in [0.5, 0.6) is 0 Å². The van der Waals surface area contributed by atoms with Crippen molar-refractivity contribution in [1.82, 2.24) is 0 Å². The molecule has 2 aromatic rings. The highest BCUT2D eigenvalue weighted by Gasteiger charge is 2.28. The maximum Gasteiger partial charge on any atom is 0.341 e. The molecule has 1 atom stereocenters.